The zero-order valence-electron chi connectivity index (χ0n) is 13.0. The van der Waals surface area contributed by atoms with Crippen molar-refractivity contribution in [3.05, 3.63) is 87.5 Å². The van der Waals surface area contributed by atoms with Crippen molar-refractivity contribution in [2.24, 2.45) is 0 Å². The van der Waals surface area contributed by atoms with Crippen LogP contribution in [-0.2, 0) is 0 Å². The molecule has 0 atom stereocenters. The number of rotatable bonds is 2. The summed E-state index contributed by atoms with van der Waals surface area (Å²) in [6.07, 6.45) is 5.50. The van der Waals surface area contributed by atoms with Crippen LogP contribution in [0.5, 0.6) is 0 Å². The minimum Gasteiger partial charge on any atom is -0.300 e. The summed E-state index contributed by atoms with van der Waals surface area (Å²) in [5.74, 6) is 0. The maximum Gasteiger partial charge on any atom is 0.298 e. The van der Waals surface area contributed by atoms with Gasteiger partial charge in [-0.3, -0.25) is 9.36 Å². The van der Waals surface area contributed by atoms with Crippen LogP contribution in [0.2, 0.25) is 0 Å². The molecule has 0 aliphatic heterocycles. The van der Waals surface area contributed by atoms with Gasteiger partial charge in [0.15, 0.2) is 0 Å². The Kier molecular flexibility index (Phi) is 3.58. The lowest BCUT2D eigenvalue weighted by Crippen LogP contribution is -2.19. The first-order chi connectivity index (χ1) is 11.6. The van der Waals surface area contributed by atoms with Gasteiger partial charge >= 0.3 is 0 Å². The fourth-order valence-electron chi connectivity index (χ4n) is 2.65. The summed E-state index contributed by atoms with van der Waals surface area (Å²) in [5, 5.41) is 0. The molecule has 0 amide bonds. The molecule has 4 nitrogen and oxygen atoms in total. The number of hydrogen-bond acceptors (Lipinski definition) is 2. The average Bonchev–Trinajstić information content (AvgIpc) is 3.02. The molecule has 24 heavy (non-hydrogen) atoms. The number of nitrogens with zero attached hydrogens (tertiary/aromatic N) is 3. The van der Waals surface area contributed by atoms with Crippen LogP contribution in [0.1, 0.15) is 5.56 Å². The van der Waals surface area contributed by atoms with Crippen LogP contribution in [0.3, 0.4) is 0 Å². The van der Waals surface area contributed by atoms with E-state index < -0.39 is 0 Å². The van der Waals surface area contributed by atoms with E-state index in [9.17, 15) is 4.79 Å². The lowest BCUT2D eigenvalue weighted by Gasteiger charge is -2.05. The molecule has 4 rings (SSSR count). The molecular formula is C19H14BrN3O. The van der Waals surface area contributed by atoms with Gasteiger partial charge < -0.3 is 4.40 Å². The second kappa shape index (κ2) is 5.76. The minimum atomic E-state index is -0.141. The van der Waals surface area contributed by atoms with Gasteiger partial charge in [-0.15, -0.1) is 0 Å². The monoisotopic (exact) mass is 379 g/mol. The van der Waals surface area contributed by atoms with E-state index in [2.05, 4.69) is 20.9 Å². The van der Waals surface area contributed by atoms with Crippen molar-refractivity contribution < 1.29 is 0 Å². The van der Waals surface area contributed by atoms with Gasteiger partial charge in [-0.05, 0) is 31.2 Å². The van der Waals surface area contributed by atoms with Gasteiger partial charge in [-0.1, -0.05) is 45.8 Å². The highest BCUT2D eigenvalue weighted by molar-refractivity contribution is 9.10. The second-order valence-corrected chi connectivity index (χ2v) is 6.59. The molecule has 118 valence electrons. The van der Waals surface area contributed by atoms with Crippen LogP contribution in [0.25, 0.3) is 22.6 Å². The van der Waals surface area contributed by atoms with E-state index in [4.69, 9.17) is 0 Å². The molecular weight excluding hydrogens is 366 g/mol. The van der Waals surface area contributed by atoms with E-state index in [1.807, 2.05) is 67.8 Å². The van der Waals surface area contributed by atoms with Crippen LogP contribution in [0.4, 0.5) is 0 Å². The van der Waals surface area contributed by atoms with Crippen LogP contribution in [-0.4, -0.2) is 14.0 Å². The Morgan fingerprint density at radius 2 is 1.67 bits per heavy atom. The second-order valence-electron chi connectivity index (χ2n) is 5.67. The van der Waals surface area contributed by atoms with E-state index >= 15 is 0 Å². The molecule has 0 radical (unpaired) electrons. The third kappa shape index (κ3) is 2.57. The molecule has 0 N–H and O–H groups in total. The van der Waals surface area contributed by atoms with Gasteiger partial charge in [0.2, 0.25) is 5.65 Å². The SMILES string of the molecule is Cc1ccc(-c2cn3ccn(-c4ccc(Br)cc4)c(=O)c3n2)cc1. The maximum absolute atomic E-state index is 12.8. The zero-order valence-corrected chi connectivity index (χ0v) is 14.6. The molecule has 2 heterocycles. The van der Waals surface area contributed by atoms with Gasteiger partial charge in [0.25, 0.3) is 5.56 Å². The summed E-state index contributed by atoms with van der Waals surface area (Å²) in [7, 11) is 0. The molecule has 0 saturated heterocycles. The van der Waals surface area contributed by atoms with Gasteiger partial charge in [0.05, 0.1) is 5.69 Å². The fourth-order valence-corrected chi connectivity index (χ4v) is 2.91. The summed E-state index contributed by atoms with van der Waals surface area (Å²) in [5.41, 5.74) is 4.07. The normalized spacial score (nSPS) is 11.1. The first kappa shape index (κ1) is 14.9. The van der Waals surface area contributed by atoms with Gasteiger partial charge in [0.1, 0.15) is 0 Å². The molecule has 2 aromatic carbocycles. The molecule has 0 spiro atoms. The third-order valence-electron chi connectivity index (χ3n) is 3.97. The maximum atomic E-state index is 12.8. The van der Waals surface area contributed by atoms with E-state index in [1.54, 1.807) is 15.2 Å². The predicted molar refractivity (Wildman–Crippen MR) is 98.7 cm³/mol. The Bertz CT molecular complexity index is 1080. The zero-order chi connectivity index (χ0) is 16.7. The van der Waals surface area contributed by atoms with E-state index in [1.165, 1.54) is 5.56 Å². The molecule has 5 heteroatoms. The first-order valence-corrected chi connectivity index (χ1v) is 8.34. The summed E-state index contributed by atoms with van der Waals surface area (Å²) < 4.78 is 4.35. The number of fused-ring (bicyclic) bond motifs is 1. The summed E-state index contributed by atoms with van der Waals surface area (Å²) >= 11 is 3.41. The highest BCUT2D eigenvalue weighted by atomic mass is 79.9. The highest BCUT2D eigenvalue weighted by Crippen LogP contribution is 2.19. The van der Waals surface area contributed by atoms with Gasteiger partial charge in [-0.25, -0.2) is 4.98 Å². The summed E-state index contributed by atoms with van der Waals surface area (Å²) in [6.45, 7) is 2.05. The highest BCUT2D eigenvalue weighted by Gasteiger charge is 2.10. The average molecular weight is 380 g/mol. The largest absolute Gasteiger partial charge is 0.300 e. The van der Waals surface area contributed by atoms with Gasteiger partial charge in [-0.2, -0.15) is 0 Å². The first-order valence-electron chi connectivity index (χ1n) is 7.55. The molecule has 0 aliphatic carbocycles. The topological polar surface area (TPSA) is 39.3 Å². The number of halogens is 1. The Balaban J connectivity index is 1.86. The van der Waals surface area contributed by atoms with E-state index in [-0.39, 0.29) is 5.56 Å². The Morgan fingerprint density at radius 3 is 2.38 bits per heavy atom. The third-order valence-corrected chi connectivity index (χ3v) is 4.50. The number of aryl methyl sites for hydroxylation is 1. The Labute approximate surface area is 147 Å². The van der Waals surface area contributed by atoms with Crippen molar-refractivity contribution in [3.8, 4) is 16.9 Å². The van der Waals surface area contributed by atoms with Crippen LogP contribution in [0.15, 0.2) is 76.4 Å². The molecule has 0 bridgehead atoms. The molecule has 0 saturated carbocycles. The van der Waals surface area contributed by atoms with Crippen LogP contribution in [0, 0.1) is 6.92 Å². The van der Waals surface area contributed by atoms with Crippen molar-refractivity contribution in [3.63, 3.8) is 0 Å². The molecule has 0 unspecified atom stereocenters. The van der Waals surface area contributed by atoms with Crippen molar-refractivity contribution in [2.45, 2.75) is 6.92 Å². The number of aromatic nitrogens is 3. The van der Waals surface area contributed by atoms with E-state index in [0.29, 0.717) is 5.65 Å². The fraction of sp³-hybridized carbons (Fsp3) is 0.0526. The Morgan fingerprint density at radius 1 is 0.958 bits per heavy atom. The van der Waals surface area contributed by atoms with Crippen molar-refractivity contribution in [1.82, 2.24) is 14.0 Å². The van der Waals surface area contributed by atoms with Crippen molar-refractivity contribution >= 4 is 21.6 Å². The number of hydrogen-bond donors (Lipinski definition) is 0. The van der Waals surface area contributed by atoms with Gasteiger partial charge in [0, 0.05) is 34.3 Å². The number of imidazole rings is 1. The number of benzene rings is 2. The van der Waals surface area contributed by atoms with Crippen molar-refractivity contribution in [1.29, 1.82) is 0 Å². The molecule has 0 aliphatic rings. The predicted octanol–water partition coefficient (Wildman–Crippen LogP) is 4.22. The van der Waals surface area contributed by atoms with Crippen LogP contribution >= 0.6 is 15.9 Å². The lowest BCUT2D eigenvalue weighted by atomic mass is 10.1. The molecule has 0 fully saturated rings. The van der Waals surface area contributed by atoms with E-state index in [0.717, 1.165) is 21.4 Å². The Hall–Kier alpha value is -2.66. The van der Waals surface area contributed by atoms with Crippen LogP contribution < -0.4 is 5.56 Å². The molecule has 4 aromatic rings. The summed E-state index contributed by atoms with van der Waals surface area (Å²) in [6, 6.07) is 15.7. The standard InChI is InChI=1S/C19H14BrN3O/c1-13-2-4-14(5-3-13)17-12-22-10-11-23(19(24)18(22)21-17)16-8-6-15(20)7-9-16/h2-12H,1H3. The quantitative estimate of drug-likeness (QED) is 0.522. The van der Waals surface area contributed by atoms with Crippen molar-refractivity contribution in [2.75, 3.05) is 0 Å². The molecule has 2 aromatic heterocycles. The summed E-state index contributed by atoms with van der Waals surface area (Å²) in [4.78, 5) is 17.3. The lowest BCUT2D eigenvalue weighted by molar-refractivity contribution is 0.949. The minimum absolute atomic E-state index is 0.141. The smallest absolute Gasteiger partial charge is 0.298 e.